The molecule has 2 heterocycles. The minimum absolute atomic E-state index is 0.328. The second-order valence-electron chi connectivity index (χ2n) is 6.96. The second-order valence-corrected chi connectivity index (χ2v) is 6.96. The van der Waals surface area contributed by atoms with Crippen molar-refractivity contribution in [3.8, 4) is 11.4 Å². The molecule has 0 aliphatic carbocycles. The Labute approximate surface area is 149 Å². The number of aliphatic hydroxyl groups is 1. The molecule has 6 nitrogen and oxygen atoms in total. The SMILES string of the molecule is OCC[C@H]1CCCN(CCCCCn2nnc(-c3ccccc3)n2)C1. The third kappa shape index (κ3) is 5.61. The van der Waals surface area contributed by atoms with Crippen LogP contribution in [0.2, 0.25) is 0 Å². The Bertz CT molecular complexity index is 613. The van der Waals surface area contributed by atoms with E-state index in [2.05, 4.69) is 20.3 Å². The minimum atomic E-state index is 0.328. The lowest BCUT2D eigenvalue weighted by molar-refractivity contribution is 0.146. The standard InChI is InChI=1S/C19H29N5O/c25-15-11-17-8-7-13-23(16-17)12-5-2-6-14-24-21-19(20-22-24)18-9-3-1-4-10-18/h1,3-4,9-10,17,25H,2,5-8,11-16H2/t17-/m1/s1. The van der Waals surface area contributed by atoms with Crippen LogP contribution in [-0.2, 0) is 6.54 Å². The largest absolute Gasteiger partial charge is 0.396 e. The van der Waals surface area contributed by atoms with E-state index in [0.717, 1.165) is 31.5 Å². The molecule has 3 rings (SSSR count). The normalized spacial score (nSPS) is 18.5. The van der Waals surface area contributed by atoms with Crippen LogP contribution in [0.5, 0.6) is 0 Å². The lowest BCUT2D eigenvalue weighted by Crippen LogP contribution is -2.36. The van der Waals surface area contributed by atoms with Gasteiger partial charge in [0, 0.05) is 18.7 Å². The fraction of sp³-hybridized carbons (Fsp3) is 0.632. The highest BCUT2D eigenvalue weighted by atomic mass is 16.3. The van der Waals surface area contributed by atoms with Gasteiger partial charge < -0.3 is 10.0 Å². The van der Waals surface area contributed by atoms with E-state index in [-0.39, 0.29) is 0 Å². The highest BCUT2D eigenvalue weighted by Gasteiger charge is 2.18. The molecule has 1 aromatic carbocycles. The minimum Gasteiger partial charge on any atom is -0.396 e. The summed E-state index contributed by atoms with van der Waals surface area (Å²) in [4.78, 5) is 4.27. The van der Waals surface area contributed by atoms with Gasteiger partial charge in [0.25, 0.3) is 0 Å². The number of rotatable bonds is 9. The quantitative estimate of drug-likeness (QED) is 0.709. The summed E-state index contributed by atoms with van der Waals surface area (Å²) >= 11 is 0. The Kier molecular flexibility index (Phi) is 6.94. The molecular formula is C19H29N5O. The average Bonchev–Trinajstić information content (AvgIpc) is 3.12. The van der Waals surface area contributed by atoms with Gasteiger partial charge in [0.05, 0.1) is 6.54 Å². The zero-order valence-corrected chi connectivity index (χ0v) is 14.9. The van der Waals surface area contributed by atoms with E-state index in [9.17, 15) is 0 Å². The van der Waals surface area contributed by atoms with Gasteiger partial charge in [-0.15, -0.1) is 10.2 Å². The molecule has 0 amide bonds. The third-order valence-electron chi connectivity index (χ3n) is 4.96. The number of piperidine rings is 1. The lowest BCUT2D eigenvalue weighted by Gasteiger charge is -2.32. The van der Waals surface area contributed by atoms with E-state index < -0.39 is 0 Å². The molecule has 2 aromatic rings. The number of tetrazole rings is 1. The van der Waals surface area contributed by atoms with Crippen molar-refractivity contribution in [1.29, 1.82) is 0 Å². The Morgan fingerprint density at radius 2 is 1.92 bits per heavy atom. The summed E-state index contributed by atoms with van der Waals surface area (Å²) in [5.41, 5.74) is 1.01. The highest BCUT2D eigenvalue weighted by Crippen LogP contribution is 2.19. The molecular weight excluding hydrogens is 314 g/mol. The average molecular weight is 343 g/mol. The fourth-order valence-electron chi connectivity index (χ4n) is 3.58. The molecule has 136 valence electrons. The molecule has 0 spiro atoms. The fourth-order valence-corrected chi connectivity index (χ4v) is 3.58. The molecule has 25 heavy (non-hydrogen) atoms. The molecule has 0 unspecified atom stereocenters. The number of likely N-dealkylation sites (tertiary alicyclic amines) is 1. The van der Waals surface area contributed by atoms with Crippen LogP contribution in [0.25, 0.3) is 11.4 Å². The van der Waals surface area contributed by atoms with Gasteiger partial charge in [0.1, 0.15) is 0 Å². The summed E-state index contributed by atoms with van der Waals surface area (Å²) in [6.45, 7) is 4.70. The molecule has 1 aliphatic heterocycles. The van der Waals surface area contributed by atoms with E-state index >= 15 is 0 Å². The molecule has 1 saturated heterocycles. The molecule has 1 fully saturated rings. The predicted molar refractivity (Wildman–Crippen MR) is 98.0 cm³/mol. The lowest BCUT2D eigenvalue weighted by atomic mass is 9.95. The summed E-state index contributed by atoms with van der Waals surface area (Å²) in [6.07, 6.45) is 6.99. The van der Waals surface area contributed by atoms with Crippen LogP contribution in [0.3, 0.4) is 0 Å². The topological polar surface area (TPSA) is 67.1 Å². The monoisotopic (exact) mass is 343 g/mol. The summed E-state index contributed by atoms with van der Waals surface area (Å²) in [5.74, 6) is 1.39. The number of hydrogen-bond acceptors (Lipinski definition) is 5. The van der Waals surface area contributed by atoms with Crippen LogP contribution in [0.15, 0.2) is 30.3 Å². The van der Waals surface area contributed by atoms with Gasteiger partial charge in [-0.3, -0.25) is 0 Å². The van der Waals surface area contributed by atoms with E-state index in [0.29, 0.717) is 18.3 Å². The van der Waals surface area contributed by atoms with Crippen molar-refractivity contribution in [3.63, 3.8) is 0 Å². The van der Waals surface area contributed by atoms with Crippen LogP contribution >= 0.6 is 0 Å². The summed E-state index contributed by atoms with van der Waals surface area (Å²) in [6, 6.07) is 9.97. The maximum absolute atomic E-state index is 9.10. The van der Waals surface area contributed by atoms with Crippen molar-refractivity contribution >= 4 is 0 Å². The maximum atomic E-state index is 9.10. The maximum Gasteiger partial charge on any atom is 0.204 e. The highest BCUT2D eigenvalue weighted by molar-refractivity contribution is 5.52. The van der Waals surface area contributed by atoms with Crippen molar-refractivity contribution in [2.45, 2.75) is 45.1 Å². The molecule has 1 aliphatic rings. The summed E-state index contributed by atoms with van der Waals surface area (Å²) in [7, 11) is 0. The predicted octanol–water partition coefficient (Wildman–Crippen LogP) is 2.60. The Morgan fingerprint density at radius 3 is 2.76 bits per heavy atom. The Balaban J connectivity index is 1.33. The first-order chi connectivity index (χ1) is 12.3. The van der Waals surface area contributed by atoms with Gasteiger partial charge in [-0.25, -0.2) is 0 Å². The van der Waals surface area contributed by atoms with Crippen molar-refractivity contribution in [3.05, 3.63) is 30.3 Å². The van der Waals surface area contributed by atoms with Crippen LogP contribution in [0, 0.1) is 5.92 Å². The van der Waals surface area contributed by atoms with E-state index in [4.69, 9.17) is 5.11 Å². The van der Waals surface area contributed by atoms with Crippen LogP contribution in [0.1, 0.15) is 38.5 Å². The molecule has 1 aromatic heterocycles. The number of benzene rings is 1. The Morgan fingerprint density at radius 1 is 1.08 bits per heavy atom. The van der Waals surface area contributed by atoms with Crippen molar-refractivity contribution < 1.29 is 5.11 Å². The second kappa shape index (κ2) is 9.63. The van der Waals surface area contributed by atoms with Gasteiger partial charge in [0.2, 0.25) is 5.82 Å². The number of aryl methyl sites for hydroxylation is 1. The smallest absolute Gasteiger partial charge is 0.204 e. The van der Waals surface area contributed by atoms with E-state index in [1.807, 2.05) is 30.3 Å². The molecule has 1 atom stereocenters. The Hall–Kier alpha value is -1.79. The first kappa shape index (κ1) is 18.0. The molecule has 6 heteroatoms. The van der Waals surface area contributed by atoms with Crippen molar-refractivity contribution in [2.75, 3.05) is 26.2 Å². The number of nitrogens with zero attached hydrogens (tertiary/aromatic N) is 5. The van der Waals surface area contributed by atoms with E-state index in [1.165, 1.54) is 38.8 Å². The van der Waals surface area contributed by atoms with Gasteiger partial charge in [-0.2, -0.15) is 4.80 Å². The van der Waals surface area contributed by atoms with Crippen LogP contribution in [-0.4, -0.2) is 56.5 Å². The van der Waals surface area contributed by atoms with Gasteiger partial charge in [0.15, 0.2) is 0 Å². The molecule has 0 bridgehead atoms. The summed E-state index contributed by atoms with van der Waals surface area (Å²) in [5, 5.41) is 21.8. The van der Waals surface area contributed by atoms with E-state index in [1.54, 1.807) is 4.80 Å². The van der Waals surface area contributed by atoms with Gasteiger partial charge in [-0.1, -0.05) is 36.8 Å². The van der Waals surface area contributed by atoms with Crippen molar-refractivity contribution in [1.82, 2.24) is 25.1 Å². The number of aliphatic hydroxyl groups excluding tert-OH is 1. The molecule has 0 saturated carbocycles. The van der Waals surface area contributed by atoms with Crippen LogP contribution < -0.4 is 0 Å². The molecule has 0 radical (unpaired) electrons. The summed E-state index contributed by atoms with van der Waals surface area (Å²) < 4.78 is 0. The van der Waals surface area contributed by atoms with Gasteiger partial charge >= 0.3 is 0 Å². The first-order valence-corrected chi connectivity index (χ1v) is 9.51. The van der Waals surface area contributed by atoms with Crippen LogP contribution in [0.4, 0.5) is 0 Å². The molecule has 1 N–H and O–H groups in total. The number of hydrogen-bond donors (Lipinski definition) is 1. The first-order valence-electron chi connectivity index (χ1n) is 9.51. The zero-order chi connectivity index (χ0) is 17.3. The zero-order valence-electron chi connectivity index (χ0n) is 14.9. The van der Waals surface area contributed by atoms with Gasteiger partial charge in [-0.05, 0) is 56.3 Å². The van der Waals surface area contributed by atoms with Crippen molar-refractivity contribution in [2.24, 2.45) is 5.92 Å². The third-order valence-corrected chi connectivity index (χ3v) is 4.96. The number of unbranched alkanes of at least 4 members (excludes halogenated alkanes) is 2. The number of aromatic nitrogens is 4.